The van der Waals surface area contributed by atoms with E-state index in [0.717, 1.165) is 5.56 Å². The Morgan fingerprint density at radius 3 is 2.62 bits per heavy atom. The summed E-state index contributed by atoms with van der Waals surface area (Å²) in [6.45, 7) is 7.19. The van der Waals surface area contributed by atoms with Crippen LogP contribution in [0.2, 0.25) is 0 Å². The topological polar surface area (TPSA) is 92.9 Å². The molecule has 1 N–H and O–H groups in total. The van der Waals surface area contributed by atoms with Crippen LogP contribution in [-0.2, 0) is 11.3 Å². The molecule has 0 fully saturated rings. The predicted molar refractivity (Wildman–Crippen MR) is 85.3 cm³/mol. The van der Waals surface area contributed by atoms with Crippen LogP contribution < -0.4 is 9.64 Å². The number of fused-ring (bicyclic) bond motifs is 1. The molecule has 0 unspecified atom stereocenters. The van der Waals surface area contributed by atoms with Crippen molar-refractivity contribution in [2.24, 2.45) is 0 Å². The Bertz CT molecular complexity index is 818. The number of carbonyl (C=O) groups excluding carboxylic acids is 1. The summed E-state index contributed by atoms with van der Waals surface area (Å²) < 4.78 is 10.9. The Kier molecular flexibility index (Phi) is 3.59. The third-order valence-electron chi connectivity index (χ3n) is 4.12. The zero-order valence-electron chi connectivity index (χ0n) is 13.9. The van der Waals surface area contributed by atoms with Gasteiger partial charge in [0, 0.05) is 5.56 Å². The van der Waals surface area contributed by atoms with E-state index in [4.69, 9.17) is 9.26 Å². The molecule has 1 aliphatic heterocycles. The van der Waals surface area contributed by atoms with E-state index < -0.39 is 11.6 Å². The average Bonchev–Trinajstić information content (AvgIpc) is 2.82. The van der Waals surface area contributed by atoms with Crippen LogP contribution in [0.3, 0.4) is 0 Å². The number of aryl methyl sites for hydroxylation is 2. The van der Waals surface area contributed by atoms with Crippen LogP contribution in [0.15, 0.2) is 22.7 Å². The van der Waals surface area contributed by atoms with Crippen molar-refractivity contribution in [2.75, 3.05) is 4.90 Å². The lowest BCUT2D eigenvalue weighted by atomic mass is 10.0. The molecule has 126 valence electrons. The van der Waals surface area contributed by atoms with Crippen LogP contribution in [0, 0.1) is 13.8 Å². The molecule has 0 atom stereocenters. The van der Waals surface area contributed by atoms with Gasteiger partial charge in [0.05, 0.1) is 23.5 Å². The van der Waals surface area contributed by atoms with Crippen LogP contribution in [-0.4, -0.2) is 27.7 Å². The van der Waals surface area contributed by atoms with Gasteiger partial charge in [-0.3, -0.25) is 4.79 Å². The van der Waals surface area contributed by atoms with Gasteiger partial charge in [-0.15, -0.1) is 0 Å². The first-order chi connectivity index (χ1) is 11.2. The first kappa shape index (κ1) is 16.0. The number of carboxylic acid groups (broad SMARTS) is 1. The van der Waals surface area contributed by atoms with E-state index in [2.05, 4.69) is 5.16 Å². The molecule has 24 heavy (non-hydrogen) atoms. The van der Waals surface area contributed by atoms with E-state index in [1.807, 2.05) is 0 Å². The number of benzene rings is 1. The average molecular weight is 330 g/mol. The maximum atomic E-state index is 12.8. The van der Waals surface area contributed by atoms with E-state index in [-0.39, 0.29) is 18.0 Å². The number of ether oxygens (including phenoxy) is 1. The number of aromatic nitrogens is 1. The number of nitrogens with zero attached hydrogens (tertiary/aromatic N) is 2. The minimum atomic E-state index is -1.06. The minimum absolute atomic E-state index is 0.0913. The van der Waals surface area contributed by atoms with Gasteiger partial charge in [0.15, 0.2) is 5.60 Å². The van der Waals surface area contributed by atoms with Gasteiger partial charge in [0.25, 0.3) is 5.91 Å². The number of hydrogen-bond donors (Lipinski definition) is 1. The Morgan fingerprint density at radius 1 is 1.33 bits per heavy atom. The molecular formula is C17H18N2O5. The summed E-state index contributed by atoms with van der Waals surface area (Å²) in [6.07, 6.45) is 0. The fourth-order valence-corrected chi connectivity index (χ4v) is 2.74. The third kappa shape index (κ3) is 2.51. The molecule has 0 radical (unpaired) electrons. The van der Waals surface area contributed by atoms with Crippen molar-refractivity contribution >= 4 is 17.6 Å². The lowest BCUT2D eigenvalue weighted by molar-refractivity contribution is -0.132. The molecule has 7 nitrogen and oxygen atoms in total. The zero-order valence-corrected chi connectivity index (χ0v) is 13.9. The van der Waals surface area contributed by atoms with E-state index >= 15 is 0 Å². The van der Waals surface area contributed by atoms with Gasteiger partial charge in [0.2, 0.25) is 0 Å². The van der Waals surface area contributed by atoms with Crippen LogP contribution >= 0.6 is 0 Å². The minimum Gasteiger partial charge on any atom is -0.478 e. The molecule has 0 spiro atoms. The number of amides is 1. The Morgan fingerprint density at radius 2 is 2.04 bits per heavy atom. The molecule has 0 aliphatic carbocycles. The van der Waals surface area contributed by atoms with Crippen molar-refractivity contribution < 1.29 is 24.0 Å². The predicted octanol–water partition coefficient (Wildman–Crippen LogP) is 2.69. The molecule has 2 heterocycles. The quantitative estimate of drug-likeness (QED) is 0.930. The van der Waals surface area contributed by atoms with Crippen LogP contribution in [0.5, 0.6) is 5.75 Å². The summed E-state index contributed by atoms with van der Waals surface area (Å²) in [7, 11) is 0. The third-order valence-corrected chi connectivity index (χ3v) is 4.12. The lowest BCUT2D eigenvalue weighted by Gasteiger charge is -2.38. The highest BCUT2D eigenvalue weighted by Crippen LogP contribution is 2.39. The maximum Gasteiger partial charge on any atom is 0.335 e. The van der Waals surface area contributed by atoms with Crippen molar-refractivity contribution in [3.8, 4) is 5.75 Å². The molecule has 3 rings (SSSR count). The van der Waals surface area contributed by atoms with Gasteiger partial charge in [0.1, 0.15) is 11.5 Å². The van der Waals surface area contributed by atoms with Crippen molar-refractivity contribution in [1.29, 1.82) is 0 Å². The molecule has 1 aliphatic rings. The van der Waals surface area contributed by atoms with E-state index in [0.29, 0.717) is 22.9 Å². The number of aromatic carboxylic acids is 1. The maximum absolute atomic E-state index is 12.8. The summed E-state index contributed by atoms with van der Waals surface area (Å²) >= 11 is 0. The molecule has 0 bridgehead atoms. The van der Waals surface area contributed by atoms with Gasteiger partial charge >= 0.3 is 5.97 Å². The molecule has 1 aromatic heterocycles. The highest BCUT2D eigenvalue weighted by molar-refractivity contribution is 6.03. The SMILES string of the molecule is Cc1noc(C)c1CN1C(=O)C(C)(C)Oc2ccc(C(=O)O)cc21. The van der Waals surface area contributed by atoms with Crippen LogP contribution in [0.4, 0.5) is 5.69 Å². The summed E-state index contributed by atoms with van der Waals surface area (Å²) in [5, 5.41) is 13.1. The Hall–Kier alpha value is -2.83. The molecule has 0 saturated carbocycles. The van der Waals surface area contributed by atoms with Gasteiger partial charge in [-0.05, 0) is 45.9 Å². The smallest absolute Gasteiger partial charge is 0.335 e. The van der Waals surface area contributed by atoms with Gasteiger partial charge < -0.3 is 19.3 Å². The Labute approximate surface area is 138 Å². The van der Waals surface area contributed by atoms with Crippen LogP contribution in [0.1, 0.15) is 41.2 Å². The summed E-state index contributed by atoms with van der Waals surface area (Å²) in [5.41, 5.74) is 0.970. The van der Waals surface area contributed by atoms with Crippen LogP contribution in [0.25, 0.3) is 0 Å². The standard InChI is InChI=1S/C17H18N2O5/c1-9-12(10(2)24-18-9)8-19-13-7-11(15(20)21)5-6-14(13)23-17(3,4)16(19)22/h5-7H,8H2,1-4H3,(H,20,21). The van der Waals surface area contributed by atoms with E-state index in [9.17, 15) is 14.7 Å². The van der Waals surface area contributed by atoms with Crippen molar-refractivity contribution in [2.45, 2.75) is 39.8 Å². The summed E-state index contributed by atoms with van der Waals surface area (Å²) in [4.78, 5) is 25.6. The second kappa shape index (κ2) is 5.36. The normalized spacial score (nSPS) is 15.8. The molecular weight excluding hydrogens is 312 g/mol. The second-order valence-corrected chi connectivity index (χ2v) is 6.29. The van der Waals surface area contributed by atoms with Crippen molar-refractivity contribution in [3.63, 3.8) is 0 Å². The Balaban J connectivity index is 2.11. The fourth-order valence-electron chi connectivity index (χ4n) is 2.74. The molecule has 1 amide bonds. The van der Waals surface area contributed by atoms with Gasteiger partial charge in [-0.2, -0.15) is 0 Å². The van der Waals surface area contributed by atoms with Gasteiger partial charge in [-0.25, -0.2) is 4.79 Å². The molecule has 2 aromatic rings. The highest BCUT2D eigenvalue weighted by Gasteiger charge is 2.41. The summed E-state index contributed by atoms with van der Waals surface area (Å²) in [6, 6.07) is 4.48. The first-order valence-electron chi connectivity index (χ1n) is 7.51. The number of rotatable bonds is 3. The first-order valence-corrected chi connectivity index (χ1v) is 7.51. The largest absolute Gasteiger partial charge is 0.478 e. The van der Waals surface area contributed by atoms with Gasteiger partial charge in [-0.1, -0.05) is 5.16 Å². The molecule has 7 heteroatoms. The van der Waals surface area contributed by atoms with E-state index in [1.54, 1.807) is 33.8 Å². The number of carbonyl (C=O) groups is 2. The second-order valence-electron chi connectivity index (χ2n) is 6.29. The number of carboxylic acids is 1. The lowest BCUT2D eigenvalue weighted by Crippen LogP contribution is -2.52. The molecule has 0 saturated heterocycles. The highest BCUT2D eigenvalue weighted by atomic mass is 16.5. The number of hydrogen-bond acceptors (Lipinski definition) is 5. The zero-order chi connectivity index (χ0) is 17.6. The summed E-state index contributed by atoms with van der Waals surface area (Å²) in [5.74, 6) is -0.221. The van der Waals surface area contributed by atoms with E-state index in [1.165, 1.54) is 17.0 Å². The fraction of sp³-hybridized carbons (Fsp3) is 0.353. The monoisotopic (exact) mass is 330 g/mol. The van der Waals surface area contributed by atoms with Crippen molar-refractivity contribution in [3.05, 3.63) is 40.8 Å². The number of anilines is 1. The van der Waals surface area contributed by atoms with Crippen molar-refractivity contribution in [1.82, 2.24) is 5.16 Å². The molecule has 1 aromatic carbocycles.